The molecule has 0 aliphatic heterocycles. The van der Waals surface area contributed by atoms with Crippen LogP contribution in [0.1, 0.15) is 16.2 Å². The van der Waals surface area contributed by atoms with E-state index < -0.39 is 11.7 Å². The monoisotopic (exact) mass is 328 g/mol. The summed E-state index contributed by atoms with van der Waals surface area (Å²) in [6.07, 6.45) is 0. The summed E-state index contributed by atoms with van der Waals surface area (Å²) < 4.78 is 23.4. The molecule has 0 saturated heterocycles. The number of nitrogens with zero attached hydrogens (tertiary/aromatic N) is 1. The molecule has 0 atom stereocenters. The maximum Gasteiger partial charge on any atom is 0.277 e. The van der Waals surface area contributed by atoms with Crippen LogP contribution in [0.25, 0.3) is 0 Å². The van der Waals surface area contributed by atoms with Gasteiger partial charge in [-0.1, -0.05) is 5.16 Å². The Hall–Kier alpha value is -1.73. The van der Waals surface area contributed by atoms with E-state index in [9.17, 15) is 9.18 Å². The van der Waals surface area contributed by atoms with Gasteiger partial charge in [-0.05, 0) is 34.1 Å². The lowest BCUT2D eigenvalue weighted by atomic mass is 10.3. The summed E-state index contributed by atoms with van der Waals surface area (Å²) in [6, 6.07) is 5.46. The molecule has 1 aromatic carbocycles. The molecule has 0 aliphatic rings. The summed E-state index contributed by atoms with van der Waals surface area (Å²) >= 11 is 3.22. The van der Waals surface area contributed by atoms with Crippen molar-refractivity contribution in [2.75, 3.05) is 12.4 Å². The van der Waals surface area contributed by atoms with Crippen LogP contribution in [0.5, 0.6) is 0 Å². The van der Waals surface area contributed by atoms with Crippen LogP contribution in [0.4, 0.5) is 10.1 Å². The number of nitrogens with one attached hydrogen (secondary N) is 1. The minimum absolute atomic E-state index is 0.100. The van der Waals surface area contributed by atoms with Gasteiger partial charge in [0.25, 0.3) is 5.91 Å². The molecule has 1 N–H and O–H groups in total. The Kier molecular flexibility index (Phi) is 4.28. The van der Waals surface area contributed by atoms with Crippen molar-refractivity contribution in [2.24, 2.45) is 0 Å². The van der Waals surface area contributed by atoms with E-state index in [-0.39, 0.29) is 12.3 Å². The maximum atomic E-state index is 13.1. The molecule has 19 heavy (non-hydrogen) atoms. The van der Waals surface area contributed by atoms with E-state index in [4.69, 9.17) is 9.26 Å². The Bertz CT molecular complexity index is 600. The fourth-order valence-corrected chi connectivity index (χ4v) is 1.76. The zero-order valence-corrected chi connectivity index (χ0v) is 11.5. The number of hydrogen-bond acceptors (Lipinski definition) is 4. The molecule has 2 aromatic rings. The number of methoxy groups -OCH3 is 1. The van der Waals surface area contributed by atoms with Gasteiger partial charge < -0.3 is 14.6 Å². The van der Waals surface area contributed by atoms with Crippen LogP contribution in [0, 0.1) is 5.82 Å². The minimum Gasteiger partial charge on any atom is -0.377 e. The Morgan fingerprint density at radius 2 is 2.32 bits per heavy atom. The third-order valence-corrected chi connectivity index (χ3v) is 2.95. The quantitative estimate of drug-likeness (QED) is 0.937. The first-order chi connectivity index (χ1) is 9.10. The van der Waals surface area contributed by atoms with E-state index in [1.807, 2.05) is 0 Å². The number of aromatic nitrogens is 1. The summed E-state index contributed by atoms with van der Waals surface area (Å²) in [6.45, 7) is 0.226. The lowest BCUT2D eigenvalue weighted by molar-refractivity contribution is 0.101. The summed E-state index contributed by atoms with van der Waals surface area (Å²) in [5, 5.41) is 6.14. The number of amides is 1. The number of anilines is 1. The van der Waals surface area contributed by atoms with Gasteiger partial charge in [0.05, 0.1) is 5.69 Å². The Balaban J connectivity index is 2.13. The van der Waals surface area contributed by atoms with Crippen LogP contribution in [0.15, 0.2) is 33.3 Å². The molecule has 0 fully saturated rings. The fraction of sp³-hybridized carbons (Fsp3) is 0.167. The average molecular weight is 329 g/mol. The van der Waals surface area contributed by atoms with E-state index in [1.165, 1.54) is 31.4 Å². The van der Waals surface area contributed by atoms with Crippen molar-refractivity contribution in [1.29, 1.82) is 0 Å². The van der Waals surface area contributed by atoms with Gasteiger partial charge in [0, 0.05) is 17.6 Å². The molecule has 2 rings (SSSR count). The largest absolute Gasteiger partial charge is 0.377 e. The van der Waals surface area contributed by atoms with Gasteiger partial charge in [0.2, 0.25) is 0 Å². The molecule has 0 radical (unpaired) electrons. The smallest absolute Gasteiger partial charge is 0.277 e. The highest BCUT2D eigenvalue weighted by Crippen LogP contribution is 2.23. The first-order valence-electron chi connectivity index (χ1n) is 5.31. The predicted molar refractivity (Wildman–Crippen MR) is 69.3 cm³/mol. The summed E-state index contributed by atoms with van der Waals surface area (Å²) in [4.78, 5) is 11.9. The van der Waals surface area contributed by atoms with E-state index in [2.05, 4.69) is 26.4 Å². The van der Waals surface area contributed by atoms with Gasteiger partial charge in [0.1, 0.15) is 12.4 Å². The lowest BCUT2D eigenvalue weighted by Crippen LogP contribution is -2.12. The van der Waals surface area contributed by atoms with E-state index in [0.717, 1.165) is 0 Å². The van der Waals surface area contributed by atoms with Crippen LogP contribution in [-0.4, -0.2) is 18.2 Å². The SMILES string of the molecule is COCc1cc(C(=O)Nc2cc(F)ccc2Br)no1. The van der Waals surface area contributed by atoms with Crippen LogP contribution in [0.2, 0.25) is 0 Å². The van der Waals surface area contributed by atoms with Gasteiger partial charge in [-0.2, -0.15) is 0 Å². The summed E-state index contributed by atoms with van der Waals surface area (Å²) in [5.74, 6) is -0.498. The number of ether oxygens (including phenoxy) is 1. The molecule has 0 saturated carbocycles. The van der Waals surface area contributed by atoms with Gasteiger partial charge >= 0.3 is 0 Å². The topological polar surface area (TPSA) is 64.4 Å². The van der Waals surface area contributed by atoms with Crippen LogP contribution >= 0.6 is 15.9 Å². The molecule has 5 nitrogen and oxygen atoms in total. The molecule has 1 heterocycles. The fourth-order valence-electron chi connectivity index (χ4n) is 1.41. The van der Waals surface area contributed by atoms with Crippen LogP contribution < -0.4 is 5.32 Å². The molecule has 1 aromatic heterocycles. The van der Waals surface area contributed by atoms with Gasteiger partial charge in [-0.15, -0.1) is 0 Å². The number of hydrogen-bond donors (Lipinski definition) is 1. The molecular formula is C12H10BrFN2O3. The molecule has 0 bridgehead atoms. The van der Waals surface area contributed by atoms with Crippen molar-refractivity contribution in [1.82, 2.24) is 5.16 Å². The van der Waals surface area contributed by atoms with Crippen molar-refractivity contribution in [3.05, 3.63) is 46.0 Å². The third-order valence-electron chi connectivity index (χ3n) is 2.25. The molecule has 100 valence electrons. The highest BCUT2D eigenvalue weighted by molar-refractivity contribution is 9.10. The first kappa shape index (κ1) is 13.7. The highest BCUT2D eigenvalue weighted by Gasteiger charge is 2.14. The Labute approximate surface area is 116 Å². The standard InChI is InChI=1S/C12H10BrFN2O3/c1-18-6-8-5-11(16-19-8)12(17)15-10-4-7(14)2-3-9(10)13/h2-5H,6H2,1H3,(H,15,17). The molecule has 0 unspecified atom stereocenters. The van der Waals surface area contributed by atoms with Crippen molar-refractivity contribution in [3.63, 3.8) is 0 Å². The molecule has 0 spiro atoms. The number of benzene rings is 1. The molecule has 7 heteroatoms. The van der Waals surface area contributed by atoms with Crippen LogP contribution in [0.3, 0.4) is 0 Å². The van der Waals surface area contributed by atoms with Crippen molar-refractivity contribution >= 4 is 27.5 Å². The Morgan fingerprint density at radius 1 is 1.53 bits per heavy atom. The van der Waals surface area contributed by atoms with Crippen LogP contribution in [-0.2, 0) is 11.3 Å². The van der Waals surface area contributed by atoms with Gasteiger partial charge in [-0.25, -0.2) is 4.39 Å². The first-order valence-corrected chi connectivity index (χ1v) is 6.10. The number of rotatable bonds is 4. The van der Waals surface area contributed by atoms with E-state index in [1.54, 1.807) is 0 Å². The van der Waals surface area contributed by atoms with Gasteiger partial charge in [0.15, 0.2) is 11.5 Å². The van der Waals surface area contributed by atoms with Gasteiger partial charge in [-0.3, -0.25) is 4.79 Å². The summed E-state index contributed by atoms with van der Waals surface area (Å²) in [7, 11) is 1.51. The number of carbonyl (C=O) groups is 1. The lowest BCUT2D eigenvalue weighted by Gasteiger charge is -2.05. The zero-order chi connectivity index (χ0) is 13.8. The zero-order valence-electron chi connectivity index (χ0n) is 9.94. The van der Waals surface area contributed by atoms with Crippen molar-refractivity contribution in [3.8, 4) is 0 Å². The second kappa shape index (κ2) is 5.94. The maximum absolute atomic E-state index is 13.1. The molecular weight excluding hydrogens is 319 g/mol. The van der Waals surface area contributed by atoms with E-state index in [0.29, 0.717) is 15.9 Å². The number of halogens is 2. The van der Waals surface area contributed by atoms with Crippen molar-refractivity contribution in [2.45, 2.75) is 6.61 Å². The number of carbonyl (C=O) groups excluding carboxylic acids is 1. The predicted octanol–water partition coefficient (Wildman–Crippen LogP) is 2.97. The highest BCUT2D eigenvalue weighted by atomic mass is 79.9. The molecule has 1 amide bonds. The second-order valence-corrected chi connectivity index (χ2v) is 4.54. The minimum atomic E-state index is -0.489. The third kappa shape index (κ3) is 3.39. The Morgan fingerprint density at radius 3 is 3.05 bits per heavy atom. The van der Waals surface area contributed by atoms with E-state index >= 15 is 0 Å². The summed E-state index contributed by atoms with van der Waals surface area (Å²) in [5.41, 5.74) is 0.421. The second-order valence-electron chi connectivity index (χ2n) is 3.69. The molecule has 0 aliphatic carbocycles. The average Bonchev–Trinajstić information content (AvgIpc) is 2.83. The normalized spacial score (nSPS) is 10.5. The van der Waals surface area contributed by atoms with Crippen molar-refractivity contribution < 1.29 is 18.4 Å².